The van der Waals surface area contributed by atoms with E-state index >= 15 is 0 Å². The predicted molar refractivity (Wildman–Crippen MR) is 77.5 cm³/mol. The van der Waals surface area contributed by atoms with Gasteiger partial charge in [-0.05, 0) is 30.5 Å². The van der Waals surface area contributed by atoms with Crippen molar-refractivity contribution >= 4 is 10.0 Å². The van der Waals surface area contributed by atoms with Crippen molar-refractivity contribution in [3.05, 3.63) is 29.6 Å². The molecular formula is C15H18FNO3S. The van der Waals surface area contributed by atoms with Crippen LogP contribution >= 0.6 is 0 Å². The molecule has 0 bridgehead atoms. The van der Waals surface area contributed by atoms with Crippen LogP contribution in [-0.4, -0.2) is 37.5 Å². The Morgan fingerprint density at radius 3 is 2.86 bits per heavy atom. The first-order valence-corrected chi connectivity index (χ1v) is 8.32. The summed E-state index contributed by atoms with van der Waals surface area (Å²) in [5.74, 6) is 4.70. The van der Waals surface area contributed by atoms with E-state index in [1.807, 2.05) is 6.92 Å². The molecule has 0 radical (unpaired) electrons. The van der Waals surface area contributed by atoms with Gasteiger partial charge in [-0.1, -0.05) is 25.2 Å². The summed E-state index contributed by atoms with van der Waals surface area (Å²) in [6.07, 6.45) is 1.78. The van der Waals surface area contributed by atoms with Crippen molar-refractivity contribution in [1.82, 2.24) is 4.31 Å². The molecule has 21 heavy (non-hydrogen) atoms. The number of hydrogen-bond donors (Lipinski definition) is 1. The fourth-order valence-electron chi connectivity index (χ4n) is 2.45. The molecule has 1 N–H and O–H groups in total. The fraction of sp³-hybridized carbons (Fsp3) is 0.467. The Kier molecular flexibility index (Phi) is 4.99. The zero-order valence-corrected chi connectivity index (χ0v) is 12.7. The highest BCUT2D eigenvalue weighted by atomic mass is 32.2. The Bertz CT molecular complexity index is 676. The summed E-state index contributed by atoms with van der Waals surface area (Å²) in [5, 5.41) is 8.74. The van der Waals surface area contributed by atoms with E-state index in [4.69, 9.17) is 5.11 Å². The second kappa shape index (κ2) is 6.56. The van der Waals surface area contributed by atoms with Gasteiger partial charge in [-0.25, -0.2) is 12.8 Å². The predicted octanol–water partition coefficient (Wildman–Crippen LogP) is 1.59. The van der Waals surface area contributed by atoms with Crippen molar-refractivity contribution in [3.63, 3.8) is 0 Å². The van der Waals surface area contributed by atoms with Crippen LogP contribution in [0.1, 0.15) is 25.3 Å². The molecule has 1 aliphatic rings. The zero-order chi connectivity index (χ0) is 15.5. The van der Waals surface area contributed by atoms with E-state index < -0.39 is 22.4 Å². The summed E-state index contributed by atoms with van der Waals surface area (Å²) in [5.41, 5.74) is 0.0870. The molecule has 1 aliphatic heterocycles. The van der Waals surface area contributed by atoms with Crippen LogP contribution in [0.25, 0.3) is 0 Å². The van der Waals surface area contributed by atoms with Crippen LogP contribution < -0.4 is 0 Å². The van der Waals surface area contributed by atoms with Gasteiger partial charge in [-0.2, -0.15) is 4.31 Å². The van der Waals surface area contributed by atoms with Gasteiger partial charge in [0.15, 0.2) is 0 Å². The van der Waals surface area contributed by atoms with E-state index in [9.17, 15) is 12.8 Å². The third-order valence-corrected chi connectivity index (χ3v) is 5.61. The molecule has 0 aliphatic carbocycles. The van der Waals surface area contributed by atoms with Crippen molar-refractivity contribution in [3.8, 4) is 11.8 Å². The Labute approximate surface area is 124 Å². The maximum atomic E-state index is 13.3. The molecule has 1 heterocycles. The molecule has 0 amide bonds. The topological polar surface area (TPSA) is 57.6 Å². The molecule has 0 aromatic heterocycles. The highest BCUT2D eigenvalue weighted by Crippen LogP contribution is 2.27. The summed E-state index contributed by atoms with van der Waals surface area (Å²) in [6.45, 7) is 2.60. The van der Waals surface area contributed by atoms with Crippen LogP contribution in [0.5, 0.6) is 0 Å². The van der Waals surface area contributed by atoms with Crippen molar-refractivity contribution < 1.29 is 17.9 Å². The van der Waals surface area contributed by atoms with E-state index in [2.05, 4.69) is 11.8 Å². The Balaban J connectivity index is 2.40. The number of benzene rings is 1. The average Bonchev–Trinajstić information content (AvgIpc) is 2.94. The Morgan fingerprint density at radius 1 is 1.48 bits per heavy atom. The van der Waals surface area contributed by atoms with Gasteiger partial charge in [0.25, 0.3) is 0 Å². The fourth-order valence-corrected chi connectivity index (χ4v) is 4.11. The summed E-state index contributed by atoms with van der Waals surface area (Å²) in [6, 6.07) is 3.44. The lowest BCUT2D eigenvalue weighted by atomic mass is 10.1. The highest BCUT2D eigenvalue weighted by molar-refractivity contribution is 7.89. The average molecular weight is 311 g/mol. The minimum Gasteiger partial charge on any atom is -0.384 e. The molecule has 1 aromatic rings. The first kappa shape index (κ1) is 16.0. The maximum Gasteiger partial charge on any atom is 0.244 e. The normalized spacial score (nSPS) is 19.3. The van der Waals surface area contributed by atoms with Gasteiger partial charge in [-0.15, -0.1) is 0 Å². The summed E-state index contributed by atoms with van der Waals surface area (Å²) < 4.78 is 40.1. The number of aliphatic hydroxyl groups excluding tert-OH is 1. The molecule has 1 atom stereocenters. The monoisotopic (exact) mass is 311 g/mol. The van der Waals surface area contributed by atoms with Crippen molar-refractivity contribution in [2.75, 3.05) is 19.7 Å². The van der Waals surface area contributed by atoms with Crippen molar-refractivity contribution in [2.45, 2.75) is 24.7 Å². The standard InChI is InChI=1S/C15H18FNO3S/c1-2-12-7-8-17(11-12)21(19,20)15-6-5-14(16)10-13(15)4-3-9-18/h5-6,10,12,18H,2,7-9,11H2,1H3. The lowest BCUT2D eigenvalue weighted by Gasteiger charge is -2.17. The minimum atomic E-state index is -3.68. The lowest BCUT2D eigenvalue weighted by Crippen LogP contribution is -2.29. The molecule has 1 aromatic carbocycles. The van der Waals surface area contributed by atoms with Crippen LogP contribution in [0, 0.1) is 23.6 Å². The van der Waals surface area contributed by atoms with Crippen molar-refractivity contribution in [2.24, 2.45) is 5.92 Å². The molecule has 1 unspecified atom stereocenters. The van der Waals surface area contributed by atoms with Crippen LogP contribution in [0.4, 0.5) is 4.39 Å². The van der Waals surface area contributed by atoms with Gasteiger partial charge in [0.2, 0.25) is 10.0 Å². The molecule has 2 rings (SSSR count). The van der Waals surface area contributed by atoms with Crippen LogP contribution in [0.2, 0.25) is 0 Å². The molecule has 0 spiro atoms. The highest BCUT2D eigenvalue weighted by Gasteiger charge is 2.33. The Hall–Kier alpha value is -1.42. The molecule has 6 heteroatoms. The zero-order valence-electron chi connectivity index (χ0n) is 11.8. The van der Waals surface area contributed by atoms with Gasteiger partial charge in [0, 0.05) is 18.7 Å². The molecule has 1 saturated heterocycles. The maximum absolute atomic E-state index is 13.3. The van der Waals surface area contributed by atoms with Gasteiger partial charge < -0.3 is 5.11 Å². The van der Waals surface area contributed by atoms with E-state index in [1.54, 1.807) is 0 Å². The number of halogens is 1. The molecular weight excluding hydrogens is 293 g/mol. The number of aliphatic hydroxyl groups is 1. The number of rotatable bonds is 3. The van der Waals surface area contributed by atoms with Crippen LogP contribution in [-0.2, 0) is 10.0 Å². The van der Waals surface area contributed by atoms with Crippen LogP contribution in [0.3, 0.4) is 0 Å². The molecule has 0 saturated carbocycles. The van der Waals surface area contributed by atoms with Crippen LogP contribution in [0.15, 0.2) is 23.1 Å². The second-order valence-electron chi connectivity index (χ2n) is 5.03. The SMILES string of the molecule is CCC1CCN(S(=O)(=O)c2ccc(F)cc2C#CCO)C1. The molecule has 4 nitrogen and oxygen atoms in total. The summed E-state index contributed by atoms with van der Waals surface area (Å²) in [7, 11) is -3.68. The number of nitrogens with zero attached hydrogens (tertiary/aromatic N) is 1. The van der Waals surface area contributed by atoms with Gasteiger partial charge >= 0.3 is 0 Å². The third kappa shape index (κ3) is 3.43. The molecule has 1 fully saturated rings. The van der Waals surface area contributed by atoms with Gasteiger partial charge in [-0.3, -0.25) is 0 Å². The minimum absolute atomic E-state index is 0.00148. The van der Waals surface area contributed by atoms with Gasteiger partial charge in [0.05, 0.1) is 4.90 Å². The summed E-state index contributed by atoms with van der Waals surface area (Å²) >= 11 is 0. The second-order valence-corrected chi connectivity index (χ2v) is 6.93. The van der Waals surface area contributed by atoms with Crippen molar-refractivity contribution in [1.29, 1.82) is 0 Å². The summed E-state index contributed by atoms with van der Waals surface area (Å²) in [4.78, 5) is 0.00148. The van der Waals surface area contributed by atoms with Gasteiger partial charge in [0.1, 0.15) is 12.4 Å². The Morgan fingerprint density at radius 2 is 2.24 bits per heavy atom. The van der Waals surface area contributed by atoms with E-state index in [1.165, 1.54) is 10.4 Å². The number of sulfonamides is 1. The van der Waals surface area contributed by atoms with E-state index in [0.717, 1.165) is 25.0 Å². The smallest absolute Gasteiger partial charge is 0.244 e. The largest absolute Gasteiger partial charge is 0.384 e. The van der Waals surface area contributed by atoms with E-state index in [0.29, 0.717) is 19.0 Å². The van der Waals surface area contributed by atoms with E-state index in [-0.39, 0.29) is 10.5 Å². The first-order chi connectivity index (χ1) is 9.98. The third-order valence-electron chi connectivity index (χ3n) is 3.69. The quantitative estimate of drug-likeness (QED) is 0.863. The first-order valence-electron chi connectivity index (χ1n) is 6.88. The molecule has 114 valence electrons. The lowest BCUT2D eigenvalue weighted by molar-refractivity contribution is 0.350. The number of hydrogen-bond acceptors (Lipinski definition) is 3.